The molecule has 0 aromatic carbocycles. The summed E-state index contributed by atoms with van der Waals surface area (Å²) in [5.41, 5.74) is -1.84. The van der Waals surface area contributed by atoms with E-state index in [2.05, 4.69) is 31.4 Å². The van der Waals surface area contributed by atoms with Crippen molar-refractivity contribution in [1.82, 2.24) is 10.6 Å². The molecule has 1 aliphatic rings. The maximum Gasteiger partial charge on any atom is 0.336 e. The normalized spacial score (nSPS) is 26.8. The molecule has 12 heteroatoms. The average molecular weight is 565 g/mol. The molecule has 1 aliphatic heterocycles. The lowest BCUT2D eigenvalue weighted by Gasteiger charge is -2.47. The van der Waals surface area contributed by atoms with Gasteiger partial charge in [-0.05, 0) is 43.3 Å². The maximum absolute atomic E-state index is 12.4. The van der Waals surface area contributed by atoms with E-state index in [1.165, 1.54) is 6.92 Å². The van der Waals surface area contributed by atoms with E-state index in [0.717, 1.165) is 12.8 Å². The fourth-order valence-corrected chi connectivity index (χ4v) is 5.89. The summed E-state index contributed by atoms with van der Waals surface area (Å²) in [6.07, 6.45) is -4.16. The van der Waals surface area contributed by atoms with Crippen LogP contribution in [0, 0.1) is 17.8 Å². The summed E-state index contributed by atoms with van der Waals surface area (Å²) in [6, 6.07) is -1.16. The van der Waals surface area contributed by atoms with Crippen molar-refractivity contribution in [3.05, 3.63) is 0 Å². The van der Waals surface area contributed by atoms with Crippen molar-refractivity contribution in [2.75, 3.05) is 24.7 Å². The number of hydrogen-bond donors (Lipinski definition) is 7. The smallest absolute Gasteiger partial charge is 0.336 e. The highest BCUT2D eigenvalue weighted by atomic mass is 32.2. The van der Waals surface area contributed by atoms with Crippen molar-refractivity contribution >= 4 is 29.5 Å². The number of aliphatic hydroxyl groups excluding tert-OH is 4. The number of aliphatic carboxylic acids is 1. The lowest BCUT2D eigenvalue weighted by molar-refractivity contribution is -0.231. The van der Waals surface area contributed by atoms with E-state index in [1.54, 1.807) is 11.8 Å². The van der Waals surface area contributed by atoms with Gasteiger partial charge >= 0.3 is 5.97 Å². The van der Waals surface area contributed by atoms with Gasteiger partial charge in [0.25, 0.3) is 0 Å². The lowest BCUT2D eigenvalue weighted by atomic mass is 9.81. The first-order valence-corrected chi connectivity index (χ1v) is 14.6. The van der Waals surface area contributed by atoms with Gasteiger partial charge in [-0.1, -0.05) is 27.7 Å². The largest absolute Gasteiger partial charge is 0.479 e. The van der Waals surface area contributed by atoms with Crippen LogP contribution in [0.1, 0.15) is 66.7 Å². The Kier molecular flexibility index (Phi) is 15.1. The van der Waals surface area contributed by atoms with Gasteiger partial charge in [0, 0.05) is 31.6 Å². The van der Waals surface area contributed by atoms with Gasteiger partial charge in [-0.15, -0.1) is 0 Å². The molecule has 0 aromatic rings. The molecule has 2 amide bonds. The first-order valence-electron chi connectivity index (χ1n) is 13.4. The highest BCUT2D eigenvalue weighted by Gasteiger charge is 2.54. The van der Waals surface area contributed by atoms with Crippen LogP contribution in [0.2, 0.25) is 0 Å². The molecule has 1 heterocycles. The number of ether oxygens (including phenoxy) is 1. The van der Waals surface area contributed by atoms with Gasteiger partial charge in [-0.2, -0.15) is 11.8 Å². The van der Waals surface area contributed by atoms with Gasteiger partial charge in [0.1, 0.15) is 18.3 Å². The summed E-state index contributed by atoms with van der Waals surface area (Å²) in [6.45, 7) is 9.33. The van der Waals surface area contributed by atoms with Crippen LogP contribution in [0.15, 0.2) is 0 Å². The monoisotopic (exact) mass is 564 g/mol. The minimum Gasteiger partial charge on any atom is -0.479 e. The zero-order chi connectivity index (χ0) is 29.0. The predicted octanol–water partition coefficient (Wildman–Crippen LogP) is 0.516. The molecular weight excluding hydrogens is 516 g/mol. The Hall–Kier alpha value is -1.44. The number of hydrogen-bond acceptors (Lipinski definition) is 9. The Bertz CT molecular complexity index is 756. The molecule has 0 aromatic heterocycles. The van der Waals surface area contributed by atoms with E-state index in [1.807, 2.05) is 6.92 Å². The molecular formula is C26H48N2O9S. The quantitative estimate of drug-likeness (QED) is 0.123. The van der Waals surface area contributed by atoms with E-state index >= 15 is 0 Å². The molecule has 7 unspecified atom stereocenters. The fraction of sp³-hybridized carbons (Fsp3) is 0.885. The minimum atomic E-state index is -1.84. The summed E-state index contributed by atoms with van der Waals surface area (Å²) in [5, 5.41) is 55.7. The summed E-state index contributed by atoms with van der Waals surface area (Å²) in [4.78, 5) is 36.2. The van der Waals surface area contributed by atoms with Crippen LogP contribution in [0.5, 0.6) is 0 Å². The van der Waals surface area contributed by atoms with Crippen LogP contribution < -0.4 is 10.6 Å². The Balaban J connectivity index is 2.61. The van der Waals surface area contributed by atoms with Crippen molar-refractivity contribution in [1.29, 1.82) is 0 Å². The minimum absolute atomic E-state index is 0.0226. The molecule has 1 saturated heterocycles. The van der Waals surface area contributed by atoms with Gasteiger partial charge < -0.3 is 40.9 Å². The zero-order valence-corrected chi connectivity index (χ0v) is 24.1. The number of carboxylic acids is 1. The van der Waals surface area contributed by atoms with Crippen molar-refractivity contribution in [2.24, 2.45) is 17.8 Å². The van der Waals surface area contributed by atoms with E-state index in [0.29, 0.717) is 36.3 Å². The maximum atomic E-state index is 12.4. The van der Waals surface area contributed by atoms with Gasteiger partial charge in [-0.25, -0.2) is 4.79 Å². The molecule has 0 bridgehead atoms. The number of aliphatic hydroxyl groups is 4. The molecule has 38 heavy (non-hydrogen) atoms. The van der Waals surface area contributed by atoms with Crippen LogP contribution in [0.25, 0.3) is 0 Å². The molecule has 0 spiro atoms. The topological polar surface area (TPSA) is 186 Å². The number of thioether (sulfide) groups is 1. The van der Waals surface area contributed by atoms with Crippen LogP contribution in [0.3, 0.4) is 0 Å². The SMILES string of the molecule is CC(=O)NC1C(O)CC(CCCSCCNC(=O)C(C)CC(C)CC(C)C)(C(=O)O)OC1[C@H](O)C(O)CO. The third-order valence-corrected chi connectivity index (χ3v) is 7.91. The predicted molar refractivity (Wildman–Crippen MR) is 145 cm³/mol. The molecule has 0 saturated carbocycles. The van der Waals surface area contributed by atoms with Crippen LogP contribution >= 0.6 is 11.8 Å². The molecule has 1 fully saturated rings. The second-order valence-corrected chi connectivity index (χ2v) is 12.2. The first kappa shape index (κ1) is 34.6. The van der Waals surface area contributed by atoms with Gasteiger partial charge in [0.15, 0.2) is 5.60 Å². The Labute approximate surface area is 230 Å². The van der Waals surface area contributed by atoms with Crippen LogP contribution in [0.4, 0.5) is 0 Å². The molecule has 7 N–H and O–H groups in total. The molecule has 11 nitrogen and oxygen atoms in total. The third-order valence-electron chi connectivity index (χ3n) is 6.84. The van der Waals surface area contributed by atoms with E-state index in [9.17, 15) is 39.9 Å². The number of nitrogens with one attached hydrogen (secondary N) is 2. The summed E-state index contributed by atoms with van der Waals surface area (Å²) < 4.78 is 5.78. The number of carbonyl (C=O) groups excluding carboxylic acids is 2. The highest BCUT2D eigenvalue weighted by Crippen LogP contribution is 2.36. The molecule has 8 atom stereocenters. The number of rotatable bonds is 17. The molecule has 222 valence electrons. The molecule has 0 radical (unpaired) electrons. The number of carboxylic acid groups (broad SMARTS) is 1. The summed E-state index contributed by atoms with van der Waals surface area (Å²) >= 11 is 1.55. The Morgan fingerprint density at radius 2 is 1.76 bits per heavy atom. The fourth-order valence-electron chi connectivity index (χ4n) is 5.09. The second-order valence-electron chi connectivity index (χ2n) is 11.0. The molecule has 0 aliphatic carbocycles. The van der Waals surface area contributed by atoms with Gasteiger partial charge in [0.2, 0.25) is 11.8 Å². The third kappa shape index (κ3) is 11.0. The molecule has 1 rings (SSSR count). The average Bonchev–Trinajstić information content (AvgIpc) is 2.82. The van der Waals surface area contributed by atoms with E-state index in [4.69, 9.17) is 4.74 Å². The number of carbonyl (C=O) groups is 3. The standard InChI is InChI=1S/C26H48N2O9S/c1-15(2)11-16(3)12-17(4)24(34)27-8-10-38-9-6-7-26(25(35)36)13-19(31)21(28-18(5)30)23(37-26)22(33)20(32)14-29/h15-17,19-23,29,31-33H,6-14H2,1-5H3,(H,27,34)(H,28,30)(H,35,36)/t16?,17?,19?,20?,21?,22-,23?,26?/m1/s1. The Morgan fingerprint density at radius 3 is 2.32 bits per heavy atom. The van der Waals surface area contributed by atoms with E-state index < -0.39 is 54.5 Å². The first-order chi connectivity index (χ1) is 17.7. The Morgan fingerprint density at radius 1 is 1.11 bits per heavy atom. The van der Waals surface area contributed by atoms with Gasteiger partial charge in [-0.3, -0.25) is 9.59 Å². The van der Waals surface area contributed by atoms with Crippen molar-refractivity contribution in [2.45, 2.75) is 103 Å². The summed E-state index contributed by atoms with van der Waals surface area (Å²) in [7, 11) is 0. The van der Waals surface area contributed by atoms with Gasteiger partial charge in [0.05, 0.1) is 18.8 Å². The van der Waals surface area contributed by atoms with Crippen LogP contribution in [-0.2, 0) is 19.1 Å². The van der Waals surface area contributed by atoms with Crippen molar-refractivity contribution in [3.63, 3.8) is 0 Å². The lowest BCUT2D eigenvalue weighted by Crippen LogP contribution is -2.67. The zero-order valence-electron chi connectivity index (χ0n) is 23.3. The second kappa shape index (κ2) is 16.6. The summed E-state index contributed by atoms with van der Waals surface area (Å²) in [5.74, 6) is 0.414. The van der Waals surface area contributed by atoms with Crippen LogP contribution in [-0.4, -0.2) is 104 Å². The van der Waals surface area contributed by atoms with Crippen molar-refractivity contribution < 1.29 is 44.7 Å². The number of amides is 2. The highest BCUT2D eigenvalue weighted by molar-refractivity contribution is 7.99. The van der Waals surface area contributed by atoms with E-state index in [-0.39, 0.29) is 24.7 Å². The van der Waals surface area contributed by atoms with Crippen molar-refractivity contribution in [3.8, 4) is 0 Å².